The van der Waals surface area contributed by atoms with E-state index in [-0.39, 0.29) is 17.9 Å². The first-order valence-corrected chi connectivity index (χ1v) is 6.14. The van der Waals surface area contributed by atoms with Gasteiger partial charge in [-0.25, -0.2) is 0 Å². The summed E-state index contributed by atoms with van der Waals surface area (Å²) in [6, 6.07) is 1.81. The highest BCUT2D eigenvalue weighted by Gasteiger charge is 2.35. The van der Waals surface area contributed by atoms with Crippen LogP contribution in [-0.4, -0.2) is 23.0 Å². The molecule has 0 fully saturated rings. The average Bonchev–Trinajstić information content (AvgIpc) is 2.36. The fourth-order valence-corrected chi connectivity index (χ4v) is 1.74. The van der Waals surface area contributed by atoms with Crippen molar-refractivity contribution < 1.29 is 27.9 Å². The van der Waals surface area contributed by atoms with Crippen LogP contribution in [0.3, 0.4) is 0 Å². The number of hydrogen-bond donors (Lipinski definition) is 3. The molecule has 0 heterocycles. The number of nitrogens with two attached hydrogens (primary N) is 1. The summed E-state index contributed by atoms with van der Waals surface area (Å²) in [5, 5.41) is 10.2. The lowest BCUT2D eigenvalue weighted by molar-refractivity contribution is -0.137. The molecule has 1 aromatic carbocycles. The first-order valence-electron chi connectivity index (χ1n) is 5.77. The average molecular weight is 325 g/mol. The van der Waals surface area contributed by atoms with E-state index < -0.39 is 35.3 Å². The SMILES string of the molecule is NC(CCC(=O)O)C(=O)Nc1c(Cl)cccc1C(F)(F)F. The molecule has 0 bridgehead atoms. The maximum Gasteiger partial charge on any atom is 0.418 e. The number of carbonyl (C=O) groups is 2. The summed E-state index contributed by atoms with van der Waals surface area (Å²) in [6.45, 7) is 0. The van der Waals surface area contributed by atoms with Crippen LogP contribution < -0.4 is 11.1 Å². The number of halogens is 4. The molecule has 4 N–H and O–H groups in total. The minimum Gasteiger partial charge on any atom is -0.481 e. The molecule has 0 aliphatic rings. The van der Waals surface area contributed by atoms with Gasteiger partial charge in [-0.05, 0) is 18.6 Å². The number of nitrogens with one attached hydrogen (secondary N) is 1. The second kappa shape index (κ2) is 6.77. The van der Waals surface area contributed by atoms with Crippen molar-refractivity contribution in [3.05, 3.63) is 28.8 Å². The highest BCUT2D eigenvalue weighted by molar-refractivity contribution is 6.34. The predicted octanol–water partition coefficient (Wildman–Crippen LogP) is 2.49. The molecule has 0 saturated heterocycles. The fourth-order valence-electron chi connectivity index (χ4n) is 1.51. The molecule has 1 atom stereocenters. The van der Waals surface area contributed by atoms with E-state index in [1.807, 2.05) is 5.32 Å². The van der Waals surface area contributed by atoms with Crippen LogP contribution in [0.15, 0.2) is 18.2 Å². The number of carboxylic acid groups (broad SMARTS) is 1. The number of aliphatic carboxylic acids is 1. The van der Waals surface area contributed by atoms with Crippen LogP contribution >= 0.6 is 11.6 Å². The number of carboxylic acids is 1. The standard InChI is InChI=1S/C12H12ClF3N2O3/c13-7-3-1-2-6(12(14,15)16)10(7)18-11(21)8(17)4-5-9(19)20/h1-3,8H,4-5,17H2,(H,18,21)(H,19,20). The summed E-state index contributed by atoms with van der Waals surface area (Å²) in [4.78, 5) is 22.1. The Bertz CT molecular complexity index is 549. The summed E-state index contributed by atoms with van der Waals surface area (Å²) >= 11 is 5.66. The number of amides is 1. The zero-order valence-electron chi connectivity index (χ0n) is 10.6. The number of alkyl halides is 3. The highest BCUT2D eigenvalue weighted by Crippen LogP contribution is 2.38. The highest BCUT2D eigenvalue weighted by atomic mass is 35.5. The molecule has 9 heteroatoms. The van der Waals surface area contributed by atoms with Gasteiger partial charge in [-0.15, -0.1) is 0 Å². The summed E-state index contributed by atoms with van der Waals surface area (Å²) in [7, 11) is 0. The molecule has 1 amide bonds. The summed E-state index contributed by atoms with van der Waals surface area (Å²) in [5.74, 6) is -2.10. The molecule has 0 aromatic heterocycles. The zero-order chi connectivity index (χ0) is 16.2. The first-order chi connectivity index (χ1) is 9.62. The van der Waals surface area contributed by atoms with Gasteiger partial charge in [0, 0.05) is 6.42 Å². The lowest BCUT2D eigenvalue weighted by Gasteiger charge is -2.17. The van der Waals surface area contributed by atoms with Crippen molar-refractivity contribution in [2.75, 3.05) is 5.32 Å². The van der Waals surface area contributed by atoms with E-state index in [0.717, 1.165) is 12.1 Å². The Hall–Kier alpha value is -1.80. The minimum atomic E-state index is -4.70. The van der Waals surface area contributed by atoms with E-state index >= 15 is 0 Å². The van der Waals surface area contributed by atoms with E-state index in [2.05, 4.69) is 0 Å². The summed E-state index contributed by atoms with van der Waals surface area (Å²) < 4.78 is 38.4. The Morgan fingerprint density at radius 1 is 1.38 bits per heavy atom. The first kappa shape index (κ1) is 17.3. The smallest absolute Gasteiger partial charge is 0.418 e. The maximum atomic E-state index is 12.8. The quantitative estimate of drug-likeness (QED) is 0.776. The van der Waals surface area contributed by atoms with E-state index in [1.54, 1.807) is 0 Å². The van der Waals surface area contributed by atoms with Crippen LogP contribution in [0.1, 0.15) is 18.4 Å². The summed E-state index contributed by atoms with van der Waals surface area (Å²) in [5.41, 5.74) is 3.72. The molecule has 1 rings (SSSR count). The Morgan fingerprint density at radius 3 is 2.52 bits per heavy atom. The van der Waals surface area contributed by atoms with Gasteiger partial charge in [-0.1, -0.05) is 17.7 Å². The van der Waals surface area contributed by atoms with Gasteiger partial charge in [0.2, 0.25) is 5.91 Å². The molecule has 0 spiro atoms. The van der Waals surface area contributed by atoms with Crippen LogP contribution in [0.25, 0.3) is 0 Å². The Kier molecular flexibility index (Phi) is 5.56. The third-order valence-corrected chi connectivity index (χ3v) is 2.89. The number of anilines is 1. The molecule has 5 nitrogen and oxygen atoms in total. The lowest BCUT2D eigenvalue weighted by atomic mass is 10.1. The van der Waals surface area contributed by atoms with Crippen molar-refractivity contribution in [1.29, 1.82) is 0 Å². The lowest BCUT2D eigenvalue weighted by Crippen LogP contribution is -2.36. The van der Waals surface area contributed by atoms with E-state index in [0.29, 0.717) is 0 Å². The molecule has 1 unspecified atom stereocenters. The molecule has 116 valence electrons. The van der Waals surface area contributed by atoms with Crippen molar-refractivity contribution in [2.45, 2.75) is 25.1 Å². The third-order valence-electron chi connectivity index (χ3n) is 2.57. The van der Waals surface area contributed by atoms with E-state index in [1.165, 1.54) is 6.07 Å². The zero-order valence-corrected chi connectivity index (χ0v) is 11.3. The fraction of sp³-hybridized carbons (Fsp3) is 0.333. The molecule has 0 saturated carbocycles. The molecule has 0 radical (unpaired) electrons. The Balaban J connectivity index is 2.92. The molecular formula is C12H12ClF3N2O3. The van der Waals surface area contributed by atoms with Crippen LogP contribution in [0.4, 0.5) is 18.9 Å². The Morgan fingerprint density at radius 2 is 2.00 bits per heavy atom. The van der Waals surface area contributed by atoms with Crippen molar-refractivity contribution in [1.82, 2.24) is 0 Å². The van der Waals surface area contributed by atoms with Gasteiger partial charge >= 0.3 is 12.1 Å². The number of hydrogen-bond acceptors (Lipinski definition) is 3. The monoisotopic (exact) mass is 324 g/mol. The third kappa shape index (κ3) is 4.91. The number of benzene rings is 1. The van der Waals surface area contributed by atoms with Gasteiger partial charge in [0.05, 0.1) is 22.3 Å². The molecule has 21 heavy (non-hydrogen) atoms. The Labute approximate surface area is 122 Å². The normalized spacial score (nSPS) is 12.8. The number of rotatable bonds is 5. The van der Waals surface area contributed by atoms with Crippen LogP contribution in [0.5, 0.6) is 0 Å². The topological polar surface area (TPSA) is 92.4 Å². The summed E-state index contributed by atoms with van der Waals surface area (Å²) in [6.07, 6.45) is -5.27. The maximum absolute atomic E-state index is 12.8. The van der Waals surface area contributed by atoms with Crippen molar-refractivity contribution in [3.63, 3.8) is 0 Å². The van der Waals surface area contributed by atoms with Gasteiger partial charge in [-0.3, -0.25) is 9.59 Å². The number of carbonyl (C=O) groups excluding carboxylic acids is 1. The second-order valence-corrected chi connectivity index (χ2v) is 4.60. The van der Waals surface area contributed by atoms with Gasteiger partial charge in [0.25, 0.3) is 0 Å². The van der Waals surface area contributed by atoms with Gasteiger partial charge in [-0.2, -0.15) is 13.2 Å². The molecular weight excluding hydrogens is 313 g/mol. The van der Waals surface area contributed by atoms with E-state index in [4.69, 9.17) is 22.4 Å². The minimum absolute atomic E-state index is 0.201. The molecule has 0 aliphatic carbocycles. The second-order valence-electron chi connectivity index (χ2n) is 4.19. The van der Waals surface area contributed by atoms with Gasteiger partial charge in [0.15, 0.2) is 0 Å². The van der Waals surface area contributed by atoms with E-state index in [9.17, 15) is 22.8 Å². The van der Waals surface area contributed by atoms with Crippen LogP contribution in [-0.2, 0) is 15.8 Å². The molecule has 1 aromatic rings. The number of para-hydroxylation sites is 1. The van der Waals surface area contributed by atoms with Gasteiger partial charge in [0.1, 0.15) is 0 Å². The van der Waals surface area contributed by atoms with Crippen molar-refractivity contribution in [2.24, 2.45) is 5.73 Å². The van der Waals surface area contributed by atoms with Crippen molar-refractivity contribution >= 4 is 29.2 Å². The van der Waals surface area contributed by atoms with Crippen molar-refractivity contribution in [3.8, 4) is 0 Å². The van der Waals surface area contributed by atoms with Crippen LogP contribution in [0.2, 0.25) is 5.02 Å². The predicted molar refractivity (Wildman–Crippen MR) is 69.9 cm³/mol. The van der Waals surface area contributed by atoms with Gasteiger partial charge < -0.3 is 16.2 Å². The largest absolute Gasteiger partial charge is 0.481 e. The van der Waals surface area contributed by atoms with Crippen LogP contribution in [0, 0.1) is 0 Å². The molecule has 0 aliphatic heterocycles.